The Bertz CT molecular complexity index is 571. The molecule has 0 saturated heterocycles. The third-order valence-electron chi connectivity index (χ3n) is 2.04. The first-order valence-electron chi connectivity index (χ1n) is 4.43. The number of aromatic nitrogens is 2. The maximum Gasteiger partial charge on any atom is 0.268 e. The molecule has 0 aliphatic rings. The van der Waals surface area contributed by atoms with Gasteiger partial charge >= 0.3 is 0 Å². The Morgan fingerprint density at radius 3 is 2.75 bits per heavy atom. The van der Waals surface area contributed by atoms with E-state index < -0.39 is 5.91 Å². The quantitative estimate of drug-likeness (QED) is 0.856. The normalized spacial score (nSPS) is 10.4. The summed E-state index contributed by atoms with van der Waals surface area (Å²) in [6, 6.07) is 4.87. The number of methoxy groups -OCH3 is 1. The zero-order chi connectivity index (χ0) is 11.7. The van der Waals surface area contributed by atoms with E-state index in [1.165, 1.54) is 13.2 Å². The second-order valence-electron chi connectivity index (χ2n) is 3.07. The molecule has 1 amide bonds. The maximum atomic E-state index is 11.0. The Hall–Kier alpha value is -1.88. The highest BCUT2D eigenvalue weighted by molar-refractivity contribution is 6.34. The molecule has 0 aromatic carbocycles. The van der Waals surface area contributed by atoms with Gasteiger partial charge in [-0.2, -0.15) is 0 Å². The fourth-order valence-corrected chi connectivity index (χ4v) is 1.54. The summed E-state index contributed by atoms with van der Waals surface area (Å²) in [6.45, 7) is 0. The van der Waals surface area contributed by atoms with Crippen molar-refractivity contribution < 1.29 is 9.53 Å². The zero-order valence-electron chi connectivity index (χ0n) is 8.40. The van der Waals surface area contributed by atoms with E-state index >= 15 is 0 Å². The van der Waals surface area contributed by atoms with E-state index in [2.05, 4.69) is 9.97 Å². The molecule has 2 aromatic rings. The van der Waals surface area contributed by atoms with Crippen LogP contribution < -0.4 is 10.5 Å². The molecule has 82 valence electrons. The SMILES string of the molecule is COc1ccc2nc(C(N)=O)c(Cl)cc2n1. The first kappa shape index (κ1) is 10.6. The van der Waals surface area contributed by atoms with Crippen molar-refractivity contribution in [2.45, 2.75) is 0 Å². The Kier molecular flexibility index (Phi) is 2.62. The zero-order valence-corrected chi connectivity index (χ0v) is 9.15. The summed E-state index contributed by atoms with van der Waals surface area (Å²) in [7, 11) is 1.51. The van der Waals surface area contributed by atoms with Gasteiger partial charge in [-0.3, -0.25) is 4.79 Å². The van der Waals surface area contributed by atoms with Crippen LogP contribution in [-0.4, -0.2) is 23.0 Å². The summed E-state index contributed by atoms with van der Waals surface area (Å²) in [5.74, 6) is -0.208. The van der Waals surface area contributed by atoms with Crippen LogP contribution in [0, 0.1) is 0 Å². The molecule has 0 aliphatic carbocycles. The molecule has 0 aliphatic heterocycles. The molecule has 0 radical (unpaired) electrons. The number of pyridine rings is 2. The lowest BCUT2D eigenvalue weighted by Crippen LogP contribution is -2.13. The highest BCUT2D eigenvalue weighted by atomic mass is 35.5. The Balaban J connectivity index is 2.68. The molecule has 6 heteroatoms. The molecule has 16 heavy (non-hydrogen) atoms. The van der Waals surface area contributed by atoms with Crippen molar-refractivity contribution >= 4 is 28.5 Å². The van der Waals surface area contributed by atoms with Crippen molar-refractivity contribution in [3.63, 3.8) is 0 Å². The minimum absolute atomic E-state index is 0.0427. The van der Waals surface area contributed by atoms with Crippen LogP contribution in [0.2, 0.25) is 5.02 Å². The van der Waals surface area contributed by atoms with Crippen LogP contribution in [-0.2, 0) is 0 Å². The standard InChI is InChI=1S/C10H8ClN3O2/c1-16-8-3-2-6-7(13-8)4-5(11)9(14-6)10(12)15/h2-4H,1H3,(H2,12,15). The molecule has 0 spiro atoms. The van der Waals surface area contributed by atoms with Gasteiger partial charge in [-0.15, -0.1) is 0 Å². The number of hydrogen-bond acceptors (Lipinski definition) is 4. The van der Waals surface area contributed by atoms with Gasteiger partial charge in [-0.05, 0) is 12.1 Å². The van der Waals surface area contributed by atoms with E-state index in [1.807, 2.05) is 0 Å². The summed E-state index contributed by atoms with van der Waals surface area (Å²) in [5.41, 5.74) is 6.26. The van der Waals surface area contributed by atoms with Gasteiger partial charge in [0, 0.05) is 6.07 Å². The Morgan fingerprint density at radius 1 is 1.38 bits per heavy atom. The molecular formula is C10H8ClN3O2. The monoisotopic (exact) mass is 237 g/mol. The minimum Gasteiger partial charge on any atom is -0.481 e. The molecule has 2 heterocycles. The molecule has 2 N–H and O–H groups in total. The predicted octanol–water partition coefficient (Wildman–Crippen LogP) is 1.39. The number of carbonyl (C=O) groups is 1. The van der Waals surface area contributed by atoms with Gasteiger partial charge in [0.2, 0.25) is 5.88 Å². The van der Waals surface area contributed by atoms with E-state index in [0.29, 0.717) is 16.9 Å². The number of carbonyl (C=O) groups excluding carboxylic acids is 1. The number of rotatable bonds is 2. The number of fused-ring (bicyclic) bond motifs is 1. The van der Waals surface area contributed by atoms with Gasteiger partial charge in [0.05, 0.1) is 23.2 Å². The average Bonchev–Trinajstić information content (AvgIpc) is 2.27. The lowest BCUT2D eigenvalue weighted by atomic mass is 10.2. The van der Waals surface area contributed by atoms with Crippen LogP contribution in [0.15, 0.2) is 18.2 Å². The van der Waals surface area contributed by atoms with Crippen LogP contribution in [0.5, 0.6) is 5.88 Å². The van der Waals surface area contributed by atoms with E-state index in [9.17, 15) is 4.79 Å². The van der Waals surface area contributed by atoms with E-state index in [1.54, 1.807) is 12.1 Å². The topological polar surface area (TPSA) is 78.1 Å². The number of nitrogens with zero attached hydrogens (tertiary/aromatic N) is 2. The summed E-state index contributed by atoms with van der Waals surface area (Å²) < 4.78 is 4.97. The molecule has 2 aromatic heterocycles. The second kappa shape index (κ2) is 3.94. The highest BCUT2D eigenvalue weighted by Crippen LogP contribution is 2.21. The van der Waals surface area contributed by atoms with E-state index in [0.717, 1.165) is 0 Å². The minimum atomic E-state index is -0.664. The number of ether oxygens (including phenoxy) is 1. The molecule has 0 bridgehead atoms. The lowest BCUT2D eigenvalue weighted by molar-refractivity contribution is 0.0996. The van der Waals surface area contributed by atoms with Crippen LogP contribution in [0.4, 0.5) is 0 Å². The summed E-state index contributed by atoms with van der Waals surface area (Å²) in [4.78, 5) is 19.2. The maximum absolute atomic E-state index is 11.0. The summed E-state index contributed by atoms with van der Waals surface area (Å²) in [5, 5.41) is 0.181. The van der Waals surface area contributed by atoms with Crippen LogP contribution >= 0.6 is 11.6 Å². The Morgan fingerprint density at radius 2 is 2.12 bits per heavy atom. The van der Waals surface area contributed by atoms with E-state index in [-0.39, 0.29) is 10.7 Å². The lowest BCUT2D eigenvalue weighted by Gasteiger charge is -2.03. The van der Waals surface area contributed by atoms with Crippen molar-refractivity contribution in [2.75, 3.05) is 7.11 Å². The molecule has 0 fully saturated rings. The molecule has 0 saturated carbocycles. The number of amides is 1. The molecule has 5 nitrogen and oxygen atoms in total. The second-order valence-corrected chi connectivity index (χ2v) is 3.48. The average molecular weight is 238 g/mol. The predicted molar refractivity (Wildman–Crippen MR) is 59.6 cm³/mol. The van der Waals surface area contributed by atoms with E-state index in [4.69, 9.17) is 22.1 Å². The first-order valence-corrected chi connectivity index (χ1v) is 4.80. The largest absolute Gasteiger partial charge is 0.481 e. The molecule has 2 rings (SSSR count). The number of halogens is 1. The van der Waals surface area contributed by atoms with Gasteiger partial charge in [0.25, 0.3) is 5.91 Å². The number of primary amides is 1. The number of nitrogens with two attached hydrogens (primary N) is 1. The van der Waals surface area contributed by atoms with Crippen molar-refractivity contribution in [3.05, 3.63) is 28.9 Å². The van der Waals surface area contributed by atoms with Crippen molar-refractivity contribution in [1.82, 2.24) is 9.97 Å². The third kappa shape index (κ3) is 1.77. The van der Waals surface area contributed by atoms with Gasteiger partial charge in [-0.1, -0.05) is 11.6 Å². The summed E-state index contributed by atoms with van der Waals surface area (Å²) >= 11 is 5.85. The van der Waals surface area contributed by atoms with Crippen molar-refractivity contribution in [3.8, 4) is 5.88 Å². The fourth-order valence-electron chi connectivity index (χ4n) is 1.30. The molecule has 0 unspecified atom stereocenters. The molecule has 0 atom stereocenters. The van der Waals surface area contributed by atoms with Gasteiger partial charge in [-0.25, -0.2) is 9.97 Å². The third-order valence-corrected chi connectivity index (χ3v) is 2.33. The summed E-state index contributed by atoms with van der Waals surface area (Å²) in [6.07, 6.45) is 0. The van der Waals surface area contributed by atoms with Crippen molar-refractivity contribution in [1.29, 1.82) is 0 Å². The van der Waals surface area contributed by atoms with Crippen molar-refractivity contribution in [2.24, 2.45) is 5.73 Å². The van der Waals surface area contributed by atoms with Gasteiger partial charge in [0.15, 0.2) is 0 Å². The first-order chi connectivity index (χ1) is 7.61. The van der Waals surface area contributed by atoms with Crippen LogP contribution in [0.1, 0.15) is 10.5 Å². The van der Waals surface area contributed by atoms with Gasteiger partial charge < -0.3 is 10.5 Å². The smallest absolute Gasteiger partial charge is 0.268 e. The highest BCUT2D eigenvalue weighted by Gasteiger charge is 2.11. The van der Waals surface area contributed by atoms with Crippen LogP contribution in [0.25, 0.3) is 11.0 Å². The fraction of sp³-hybridized carbons (Fsp3) is 0.100. The van der Waals surface area contributed by atoms with Gasteiger partial charge in [0.1, 0.15) is 5.69 Å². The van der Waals surface area contributed by atoms with Crippen LogP contribution in [0.3, 0.4) is 0 Å². The number of hydrogen-bond donors (Lipinski definition) is 1. The molecular weight excluding hydrogens is 230 g/mol. The Labute approximate surface area is 96.2 Å².